The molecule has 0 aliphatic carbocycles. The Balaban J connectivity index is 1.88. The van der Waals surface area contributed by atoms with Gasteiger partial charge in [0, 0.05) is 24.4 Å². The average Bonchev–Trinajstić information content (AvgIpc) is 2.31. The summed E-state index contributed by atoms with van der Waals surface area (Å²) in [5.41, 5.74) is 0.845. The van der Waals surface area contributed by atoms with E-state index in [4.69, 9.17) is 0 Å². The Bertz CT molecular complexity index is 283. The molecule has 3 heteroatoms. The molecule has 1 aliphatic heterocycles. The number of nitrogens with zero attached hydrogens (tertiary/aromatic N) is 1. The third-order valence-electron chi connectivity index (χ3n) is 2.92. The summed E-state index contributed by atoms with van der Waals surface area (Å²) in [7, 11) is 0. The first-order valence-corrected chi connectivity index (χ1v) is 5.63. The van der Waals surface area contributed by atoms with Crippen molar-refractivity contribution in [1.29, 1.82) is 0 Å². The van der Waals surface area contributed by atoms with Crippen molar-refractivity contribution in [2.75, 3.05) is 6.54 Å². The third-order valence-corrected chi connectivity index (χ3v) is 2.92. The van der Waals surface area contributed by atoms with Crippen LogP contribution in [-0.4, -0.2) is 23.7 Å². The highest BCUT2D eigenvalue weighted by atomic mass is 19.1. The first kappa shape index (κ1) is 10.6. The molecule has 1 N–H and O–H groups in total. The van der Waals surface area contributed by atoms with E-state index in [-0.39, 0.29) is 6.04 Å². The summed E-state index contributed by atoms with van der Waals surface area (Å²) < 4.78 is 13.9. The standard InChI is InChI=1S/C12H17FN2/c13-11(12-6-2-4-8-15-12)9-10-5-1-3-7-14-10/h1,3,5,7,11-12,15H,2,4,6,8-9H2. The van der Waals surface area contributed by atoms with Crippen molar-refractivity contribution in [3.8, 4) is 0 Å². The van der Waals surface area contributed by atoms with Crippen LogP contribution in [0.3, 0.4) is 0 Å². The number of pyridine rings is 1. The highest BCUT2D eigenvalue weighted by Crippen LogP contribution is 2.15. The van der Waals surface area contributed by atoms with Crippen LogP contribution < -0.4 is 5.32 Å². The maximum absolute atomic E-state index is 13.9. The largest absolute Gasteiger partial charge is 0.311 e. The van der Waals surface area contributed by atoms with Gasteiger partial charge in [-0.1, -0.05) is 12.5 Å². The zero-order valence-corrected chi connectivity index (χ0v) is 8.82. The van der Waals surface area contributed by atoms with E-state index in [1.807, 2.05) is 18.2 Å². The van der Waals surface area contributed by atoms with E-state index >= 15 is 0 Å². The van der Waals surface area contributed by atoms with Gasteiger partial charge in [0.1, 0.15) is 6.17 Å². The third kappa shape index (κ3) is 2.99. The molecular formula is C12H17FN2. The molecule has 2 unspecified atom stereocenters. The van der Waals surface area contributed by atoms with Gasteiger partial charge in [-0.05, 0) is 31.5 Å². The van der Waals surface area contributed by atoms with E-state index < -0.39 is 6.17 Å². The molecule has 15 heavy (non-hydrogen) atoms. The highest BCUT2D eigenvalue weighted by molar-refractivity contribution is 5.05. The quantitative estimate of drug-likeness (QED) is 0.823. The molecular weight excluding hydrogens is 191 g/mol. The lowest BCUT2D eigenvalue weighted by molar-refractivity contribution is 0.216. The number of aromatic nitrogens is 1. The van der Waals surface area contributed by atoms with Gasteiger partial charge in [0.2, 0.25) is 0 Å². The molecule has 2 rings (SSSR count). The maximum Gasteiger partial charge on any atom is 0.121 e. The fourth-order valence-corrected chi connectivity index (χ4v) is 2.05. The summed E-state index contributed by atoms with van der Waals surface area (Å²) in [4.78, 5) is 4.15. The number of halogens is 1. The fourth-order valence-electron chi connectivity index (χ4n) is 2.05. The smallest absolute Gasteiger partial charge is 0.121 e. The van der Waals surface area contributed by atoms with Crippen LogP contribution in [-0.2, 0) is 6.42 Å². The second-order valence-electron chi connectivity index (χ2n) is 4.10. The van der Waals surface area contributed by atoms with E-state index in [2.05, 4.69) is 10.3 Å². The first-order valence-electron chi connectivity index (χ1n) is 5.63. The molecule has 82 valence electrons. The van der Waals surface area contributed by atoms with Gasteiger partial charge in [-0.2, -0.15) is 0 Å². The van der Waals surface area contributed by atoms with E-state index in [1.54, 1.807) is 6.20 Å². The molecule has 2 heterocycles. The van der Waals surface area contributed by atoms with Crippen molar-refractivity contribution < 1.29 is 4.39 Å². The van der Waals surface area contributed by atoms with Crippen molar-refractivity contribution >= 4 is 0 Å². The second-order valence-corrected chi connectivity index (χ2v) is 4.10. The molecule has 2 nitrogen and oxygen atoms in total. The molecule has 1 aromatic rings. The molecule has 0 saturated carbocycles. The molecule has 1 aliphatic rings. The lowest BCUT2D eigenvalue weighted by atomic mass is 9.98. The maximum atomic E-state index is 13.9. The monoisotopic (exact) mass is 208 g/mol. The van der Waals surface area contributed by atoms with E-state index in [1.165, 1.54) is 6.42 Å². The summed E-state index contributed by atoms with van der Waals surface area (Å²) in [5, 5.41) is 3.24. The molecule has 0 amide bonds. The van der Waals surface area contributed by atoms with Crippen molar-refractivity contribution in [3.05, 3.63) is 30.1 Å². The average molecular weight is 208 g/mol. The van der Waals surface area contributed by atoms with Crippen LogP contribution in [0.5, 0.6) is 0 Å². The van der Waals surface area contributed by atoms with Crippen LogP contribution >= 0.6 is 0 Å². The molecule has 0 radical (unpaired) electrons. The summed E-state index contributed by atoms with van der Waals surface area (Å²) in [6, 6.07) is 5.68. The van der Waals surface area contributed by atoms with Crippen molar-refractivity contribution in [2.24, 2.45) is 0 Å². The number of piperidine rings is 1. The van der Waals surface area contributed by atoms with Crippen LogP contribution in [0.2, 0.25) is 0 Å². The fraction of sp³-hybridized carbons (Fsp3) is 0.583. The van der Waals surface area contributed by atoms with E-state index in [0.29, 0.717) is 6.42 Å². The van der Waals surface area contributed by atoms with Crippen molar-refractivity contribution in [1.82, 2.24) is 10.3 Å². The van der Waals surface area contributed by atoms with Gasteiger partial charge in [0.15, 0.2) is 0 Å². The molecule has 2 atom stereocenters. The zero-order valence-electron chi connectivity index (χ0n) is 8.82. The molecule has 0 bridgehead atoms. The predicted molar refractivity (Wildman–Crippen MR) is 58.5 cm³/mol. The number of rotatable bonds is 3. The SMILES string of the molecule is FC(Cc1ccccn1)C1CCCCN1. The van der Waals surface area contributed by atoms with Gasteiger partial charge in [0.25, 0.3) is 0 Å². The van der Waals surface area contributed by atoms with Crippen molar-refractivity contribution in [2.45, 2.75) is 37.9 Å². The van der Waals surface area contributed by atoms with Gasteiger partial charge in [0.05, 0.1) is 0 Å². The molecule has 1 fully saturated rings. The Morgan fingerprint density at radius 3 is 3.07 bits per heavy atom. The van der Waals surface area contributed by atoms with E-state index in [9.17, 15) is 4.39 Å². The molecule has 0 spiro atoms. The Morgan fingerprint density at radius 1 is 1.47 bits per heavy atom. The number of nitrogens with one attached hydrogen (secondary N) is 1. The molecule has 0 aromatic carbocycles. The summed E-state index contributed by atoms with van der Waals surface area (Å²) in [5.74, 6) is 0. The lowest BCUT2D eigenvalue weighted by Gasteiger charge is -2.26. The Kier molecular flexibility index (Phi) is 3.67. The Labute approximate surface area is 89.9 Å². The van der Waals surface area contributed by atoms with Gasteiger partial charge < -0.3 is 5.32 Å². The number of hydrogen-bond donors (Lipinski definition) is 1. The van der Waals surface area contributed by atoms with E-state index in [0.717, 1.165) is 25.1 Å². The summed E-state index contributed by atoms with van der Waals surface area (Å²) >= 11 is 0. The minimum Gasteiger partial charge on any atom is -0.311 e. The van der Waals surface area contributed by atoms with Crippen molar-refractivity contribution in [3.63, 3.8) is 0 Å². The van der Waals surface area contributed by atoms with Crippen LogP contribution in [0.4, 0.5) is 4.39 Å². The normalized spacial score (nSPS) is 23.7. The minimum atomic E-state index is -0.805. The van der Waals surface area contributed by atoms with Gasteiger partial charge in [-0.15, -0.1) is 0 Å². The first-order chi connectivity index (χ1) is 7.36. The molecule has 1 saturated heterocycles. The topological polar surface area (TPSA) is 24.9 Å². The second kappa shape index (κ2) is 5.21. The van der Waals surface area contributed by atoms with Gasteiger partial charge in [-0.3, -0.25) is 4.98 Å². The summed E-state index contributed by atoms with van der Waals surface area (Å²) in [6.45, 7) is 0.952. The lowest BCUT2D eigenvalue weighted by Crippen LogP contribution is -2.42. The van der Waals surface area contributed by atoms with Gasteiger partial charge in [-0.25, -0.2) is 4.39 Å². The number of hydrogen-bond acceptors (Lipinski definition) is 2. The summed E-state index contributed by atoms with van der Waals surface area (Å²) in [6.07, 6.45) is 4.61. The molecule has 1 aromatic heterocycles. The highest BCUT2D eigenvalue weighted by Gasteiger charge is 2.23. The Morgan fingerprint density at radius 2 is 2.40 bits per heavy atom. The van der Waals surface area contributed by atoms with Crippen LogP contribution in [0.1, 0.15) is 25.0 Å². The van der Waals surface area contributed by atoms with Gasteiger partial charge >= 0.3 is 0 Å². The van der Waals surface area contributed by atoms with Crippen LogP contribution in [0.25, 0.3) is 0 Å². The predicted octanol–water partition coefficient (Wildman–Crippen LogP) is 2.10. The van der Waals surface area contributed by atoms with Crippen LogP contribution in [0, 0.1) is 0 Å². The zero-order chi connectivity index (χ0) is 10.5. The number of alkyl halides is 1. The Hall–Kier alpha value is -0.960. The van der Waals surface area contributed by atoms with Crippen LogP contribution in [0.15, 0.2) is 24.4 Å². The minimum absolute atomic E-state index is 0.0285.